The molecule has 0 spiro atoms. The predicted molar refractivity (Wildman–Crippen MR) is 157 cm³/mol. The summed E-state index contributed by atoms with van der Waals surface area (Å²) in [5.74, 6) is -0.391. The minimum Gasteiger partial charge on any atom is -0.377 e. The van der Waals surface area contributed by atoms with Gasteiger partial charge in [0.05, 0.1) is 8.95 Å². The molecule has 0 bridgehead atoms. The number of halogens is 2. The van der Waals surface area contributed by atoms with Gasteiger partial charge in [-0.2, -0.15) is 8.42 Å². The fraction of sp³-hybridized carbons (Fsp3) is 0.400. The van der Waals surface area contributed by atoms with Gasteiger partial charge in [-0.3, -0.25) is 9.59 Å². The molecule has 0 atom stereocenters. The van der Waals surface area contributed by atoms with E-state index in [1.807, 2.05) is 6.92 Å². The summed E-state index contributed by atoms with van der Waals surface area (Å²) in [5.41, 5.74) is 4.27. The van der Waals surface area contributed by atoms with E-state index in [2.05, 4.69) is 64.9 Å². The summed E-state index contributed by atoms with van der Waals surface area (Å²) in [7, 11) is -4.09. The monoisotopic (exact) mass is 675 g/mol. The van der Waals surface area contributed by atoms with E-state index in [0.29, 0.717) is 45.8 Å². The molecule has 0 saturated carbocycles. The average Bonchev–Trinajstić information content (AvgIpc) is 2.78. The molecule has 1 heterocycles. The van der Waals surface area contributed by atoms with Crippen molar-refractivity contribution in [2.24, 2.45) is 10.8 Å². The lowest BCUT2D eigenvalue weighted by Gasteiger charge is -2.44. The summed E-state index contributed by atoms with van der Waals surface area (Å²) < 4.78 is 32.4. The van der Waals surface area contributed by atoms with Gasteiger partial charge in [-0.05, 0) is 92.3 Å². The molecule has 0 aromatic heterocycles. The molecule has 206 valence electrons. The van der Waals surface area contributed by atoms with E-state index >= 15 is 0 Å². The van der Waals surface area contributed by atoms with Gasteiger partial charge >= 0.3 is 10.1 Å². The van der Waals surface area contributed by atoms with Crippen LogP contribution in [0.2, 0.25) is 0 Å². The van der Waals surface area contributed by atoms with Gasteiger partial charge in [0, 0.05) is 41.3 Å². The summed E-state index contributed by atoms with van der Waals surface area (Å²) in [4.78, 5) is 27.2. The van der Waals surface area contributed by atoms with Crippen LogP contribution in [0, 0.1) is 17.8 Å². The number of ketones is 2. The number of carbonyl (C=O) groups is 2. The van der Waals surface area contributed by atoms with Gasteiger partial charge < -0.3 is 9.50 Å². The SMILES string of the molecule is Cc1ccc(S(=O)(=O)Oc2c(Br)cc(C3C4=C(CC(C)(C)CC4=O)NC4=C3C(=O)CC(C)(C)C4)cc2Br)cc1. The number of dihydropyridines is 1. The second-order valence-corrected chi connectivity index (χ2v) is 15.6. The van der Waals surface area contributed by atoms with E-state index in [4.69, 9.17) is 4.18 Å². The van der Waals surface area contributed by atoms with E-state index < -0.39 is 16.0 Å². The molecule has 1 aliphatic heterocycles. The van der Waals surface area contributed by atoms with E-state index in [1.54, 1.807) is 24.3 Å². The molecule has 0 fully saturated rings. The summed E-state index contributed by atoms with van der Waals surface area (Å²) >= 11 is 7.01. The highest BCUT2D eigenvalue weighted by Crippen LogP contribution is 2.52. The maximum Gasteiger partial charge on any atom is 0.339 e. The number of nitrogens with one attached hydrogen (secondary N) is 1. The first-order valence-corrected chi connectivity index (χ1v) is 15.9. The third kappa shape index (κ3) is 5.42. The zero-order valence-electron chi connectivity index (χ0n) is 22.6. The molecule has 0 radical (unpaired) electrons. The van der Waals surface area contributed by atoms with E-state index in [1.165, 1.54) is 12.1 Å². The van der Waals surface area contributed by atoms with Crippen molar-refractivity contribution in [2.75, 3.05) is 0 Å². The second-order valence-electron chi connectivity index (χ2n) is 12.4. The number of Topliss-reactive ketones (excluding diaryl/α,β-unsaturated/α-hetero) is 2. The zero-order chi connectivity index (χ0) is 28.5. The fourth-order valence-electron chi connectivity index (χ4n) is 5.91. The van der Waals surface area contributed by atoms with Crippen LogP contribution < -0.4 is 9.50 Å². The van der Waals surface area contributed by atoms with Crippen LogP contribution >= 0.6 is 31.9 Å². The van der Waals surface area contributed by atoms with Crippen molar-refractivity contribution in [3.05, 3.63) is 79.0 Å². The highest BCUT2D eigenvalue weighted by molar-refractivity contribution is 9.11. The lowest BCUT2D eigenvalue weighted by Crippen LogP contribution is -2.42. The highest BCUT2D eigenvalue weighted by atomic mass is 79.9. The number of benzene rings is 2. The van der Waals surface area contributed by atoms with Gasteiger partial charge in [0.15, 0.2) is 17.3 Å². The summed E-state index contributed by atoms with van der Waals surface area (Å²) in [6, 6.07) is 9.95. The van der Waals surface area contributed by atoms with Gasteiger partial charge in [0.1, 0.15) is 4.90 Å². The molecule has 9 heteroatoms. The molecule has 0 amide bonds. The molecular weight excluding hydrogens is 646 g/mol. The average molecular weight is 677 g/mol. The number of allylic oxidation sites excluding steroid dienone is 4. The van der Waals surface area contributed by atoms with Crippen molar-refractivity contribution in [2.45, 2.75) is 71.1 Å². The lowest BCUT2D eigenvalue weighted by molar-refractivity contribution is -0.119. The maximum absolute atomic E-state index is 13.6. The summed E-state index contributed by atoms with van der Waals surface area (Å²) in [6.07, 6.45) is 2.19. The minimum absolute atomic E-state index is 0.0254. The van der Waals surface area contributed by atoms with Crippen LogP contribution in [-0.4, -0.2) is 20.0 Å². The van der Waals surface area contributed by atoms with Crippen molar-refractivity contribution >= 4 is 53.5 Å². The van der Waals surface area contributed by atoms with Crippen LogP contribution in [0.1, 0.15) is 70.4 Å². The van der Waals surface area contributed by atoms with Gasteiger partial charge in [0.25, 0.3) is 0 Å². The molecule has 6 nitrogen and oxygen atoms in total. The van der Waals surface area contributed by atoms with Crippen LogP contribution in [0.25, 0.3) is 0 Å². The lowest BCUT2D eigenvalue weighted by atomic mass is 9.64. The normalized spacial score (nSPS) is 20.9. The second kappa shape index (κ2) is 9.70. The smallest absolute Gasteiger partial charge is 0.339 e. The zero-order valence-corrected chi connectivity index (χ0v) is 26.6. The van der Waals surface area contributed by atoms with Crippen LogP contribution in [0.15, 0.2) is 72.8 Å². The Bertz CT molecular complexity index is 1510. The predicted octanol–water partition coefficient (Wildman–Crippen LogP) is 7.26. The van der Waals surface area contributed by atoms with Gasteiger partial charge in [-0.15, -0.1) is 0 Å². The first kappa shape index (κ1) is 28.3. The van der Waals surface area contributed by atoms with E-state index in [9.17, 15) is 18.0 Å². The fourth-order valence-corrected chi connectivity index (χ4v) is 8.47. The van der Waals surface area contributed by atoms with E-state index in [0.717, 1.165) is 22.5 Å². The summed E-state index contributed by atoms with van der Waals surface area (Å²) in [5, 5.41) is 3.51. The molecule has 3 aliphatic rings. The Labute approximate surface area is 246 Å². The van der Waals surface area contributed by atoms with Crippen LogP contribution in [0.5, 0.6) is 5.75 Å². The Kier molecular flexibility index (Phi) is 7.04. The molecule has 5 rings (SSSR count). The largest absolute Gasteiger partial charge is 0.377 e. The third-order valence-electron chi connectivity index (χ3n) is 7.58. The molecule has 2 aliphatic carbocycles. The number of carbonyl (C=O) groups excluding carboxylic acids is 2. The first-order valence-electron chi connectivity index (χ1n) is 12.9. The van der Waals surface area contributed by atoms with Crippen molar-refractivity contribution in [3.8, 4) is 5.75 Å². The Morgan fingerprint density at radius 2 is 1.28 bits per heavy atom. The maximum atomic E-state index is 13.6. The number of hydrogen-bond acceptors (Lipinski definition) is 6. The Morgan fingerprint density at radius 1 is 0.821 bits per heavy atom. The van der Waals surface area contributed by atoms with Crippen molar-refractivity contribution in [3.63, 3.8) is 0 Å². The van der Waals surface area contributed by atoms with Crippen LogP contribution in [0.3, 0.4) is 0 Å². The topological polar surface area (TPSA) is 89.5 Å². The standard InChI is InChI=1S/C30H31Br2NO5S/c1-16-6-8-18(9-7-16)39(36,37)38-28-19(31)10-17(11-20(28)32)25-26-21(12-29(2,3)14-23(26)34)33-22-13-30(4,5)15-24(35)27(22)25/h6-11,25,33H,12-15H2,1-5H3. The van der Waals surface area contributed by atoms with Crippen LogP contribution in [-0.2, 0) is 19.7 Å². The minimum atomic E-state index is -4.09. The molecule has 39 heavy (non-hydrogen) atoms. The Morgan fingerprint density at radius 3 is 1.74 bits per heavy atom. The molecule has 2 aromatic carbocycles. The van der Waals surface area contributed by atoms with Gasteiger partial charge in [-0.1, -0.05) is 45.4 Å². The van der Waals surface area contributed by atoms with Crippen molar-refractivity contribution in [1.29, 1.82) is 0 Å². The Balaban J connectivity index is 1.61. The highest BCUT2D eigenvalue weighted by Gasteiger charge is 2.46. The molecular formula is C30H31Br2NO5S. The van der Waals surface area contributed by atoms with Gasteiger partial charge in [-0.25, -0.2) is 0 Å². The summed E-state index contributed by atoms with van der Waals surface area (Å²) in [6.45, 7) is 10.2. The van der Waals surface area contributed by atoms with Crippen molar-refractivity contribution in [1.82, 2.24) is 5.32 Å². The first-order chi connectivity index (χ1) is 18.1. The quantitative estimate of drug-likeness (QED) is 0.343. The number of aryl methyl sites for hydroxylation is 1. The number of hydrogen-bond donors (Lipinski definition) is 1. The molecule has 0 unspecified atom stereocenters. The molecule has 1 N–H and O–H groups in total. The molecule has 0 saturated heterocycles. The van der Waals surface area contributed by atoms with Gasteiger partial charge in [0.2, 0.25) is 0 Å². The Hall–Kier alpha value is -2.23. The number of rotatable bonds is 4. The van der Waals surface area contributed by atoms with Crippen molar-refractivity contribution < 1.29 is 22.2 Å². The van der Waals surface area contributed by atoms with Crippen LogP contribution in [0.4, 0.5) is 0 Å². The molecule has 2 aromatic rings. The third-order valence-corrected chi connectivity index (χ3v) is 9.99. The van der Waals surface area contributed by atoms with E-state index in [-0.39, 0.29) is 33.0 Å².